The van der Waals surface area contributed by atoms with Gasteiger partial charge in [0, 0.05) is 12.1 Å². The zero-order chi connectivity index (χ0) is 12.3. The van der Waals surface area contributed by atoms with Gasteiger partial charge in [-0.25, -0.2) is 0 Å². The minimum absolute atomic E-state index is 0. The Morgan fingerprint density at radius 2 is 2.06 bits per heavy atom. The minimum atomic E-state index is 0. The van der Waals surface area contributed by atoms with Crippen molar-refractivity contribution < 1.29 is 28.5 Å². The highest BCUT2D eigenvalue weighted by atomic mass is 127. The molecule has 0 aliphatic carbocycles. The predicted octanol–water partition coefficient (Wildman–Crippen LogP) is 1.33. The third-order valence-corrected chi connectivity index (χ3v) is 4.89. The number of hydrogen-bond acceptors (Lipinski definition) is 2. The molecule has 2 rings (SSSR count). The average Bonchev–Trinajstić information content (AvgIpc) is 2.72. The number of aryl methyl sites for hydroxylation is 1. The Morgan fingerprint density at radius 1 is 1.33 bits per heavy atom. The second-order valence-corrected chi connectivity index (χ2v) is 5.82. The average molecular weight is 391 g/mol. The van der Waals surface area contributed by atoms with Crippen molar-refractivity contribution in [3.05, 3.63) is 34.2 Å². The molecule has 2 aromatic rings. The largest absolute Gasteiger partial charge is 1.00 e. The number of thiazole rings is 1. The van der Waals surface area contributed by atoms with Crippen LogP contribution in [0.4, 0.5) is 0 Å². The lowest BCUT2D eigenvalue weighted by Crippen LogP contribution is -3.00. The molecular weight excluding hydrogens is 373 g/mol. The summed E-state index contributed by atoms with van der Waals surface area (Å²) in [6.07, 6.45) is 5.59. The number of nitrogens with zero attached hydrogens (tertiary/aromatic N) is 1. The summed E-state index contributed by atoms with van der Waals surface area (Å²) in [4.78, 5) is 1.44. The summed E-state index contributed by atoms with van der Waals surface area (Å²) >= 11 is 3.73. The number of hydrogen-bond donors (Lipinski definition) is 0. The van der Waals surface area contributed by atoms with Gasteiger partial charge in [-0.1, -0.05) is 30.4 Å². The zero-order valence-electron chi connectivity index (χ0n) is 10.9. The first-order valence-electron chi connectivity index (χ1n) is 5.96. The molecule has 4 heteroatoms. The summed E-state index contributed by atoms with van der Waals surface area (Å²) in [5.41, 5.74) is 1.35. The Hall–Kier alpha value is -0.0700. The highest BCUT2D eigenvalue weighted by Crippen LogP contribution is 2.25. The number of aromatic nitrogens is 1. The molecule has 0 aliphatic heterocycles. The quantitative estimate of drug-likeness (QED) is 0.562. The summed E-state index contributed by atoms with van der Waals surface area (Å²) in [6, 6.07) is 8.64. The summed E-state index contributed by atoms with van der Waals surface area (Å²) in [5.74, 6) is 0. The van der Waals surface area contributed by atoms with E-state index in [9.17, 15) is 0 Å². The zero-order valence-corrected chi connectivity index (χ0v) is 14.7. The first-order chi connectivity index (χ1) is 8.30. The van der Waals surface area contributed by atoms with Gasteiger partial charge in [-0.05, 0) is 30.6 Å². The van der Waals surface area contributed by atoms with E-state index < -0.39 is 0 Å². The minimum Gasteiger partial charge on any atom is -1.00 e. The Morgan fingerprint density at radius 3 is 2.67 bits per heavy atom. The predicted molar refractivity (Wildman–Crippen MR) is 79.5 cm³/mol. The van der Waals surface area contributed by atoms with E-state index in [2.05, 4.69) is 55.0 Å². The molecule has 1 aromatic heterocycles. The fraction of sp³-hybridized carbons (Fsp3) is 0.357. The van der Waals surface area contributed by atoms with E-state index in [0.717, 1.165) is 13.0 Å². The van der Waals surface area contributed by atoms with Crippen LogP contribution in [0.2, 0.25) is 0 Å². The van der Waals surface area contributed by atoms with Crippen LogP contribution in [0.25, 0.3) is 16.3 Å². The molecular formula is C14H18INS2. The fourth-order valence-electron chi connectivity index (χ4n) is 1.93. The van der Waals surface area contributed by atoms with E-state index in [1.54, 1.807) is 0 Å². The molecule has 1 aromatic carbocycles. The fourth-order valence-corrected chi connectivity index (χ4v) is 3.72. The molecule has 0 atom stereocenters. The Labute approximate surface area is 134 Å². The topological polar surface area (TPSA) is 3.88 Å². The highest BCUT2D eigenvalue weighted by Gasteiger charge is 2.16. The van der Waals surface area contributed by atoms with Gasteiger partial charge >= 0.3 is 0 Å². The molecule has 0 saturated heterocycles. The molecule has 0 aliphatic rings. The monoisotopic (exact) mass is 391 g/mol. The van der Waals surface area contributed by atoms with Crippen molar-refractivity contribution in [2.75, 3.05) is 6.26 Å². The molecule has 0 spiro atoms. The van der Waals surface area contributed by atoms with Crippen molar-refractivity contribution in [2.45, 2.75) is 26.8 Å². The number of para-hydroxylation sites is 1. The molecule has 1 nitrogen and oxygen atoms in total. The number of fused-ring (bicyclic) bond motifs is 1. The third-order valence-electron chi connectivity index (χ3n) is 2.85. The normalized spacial score (nSPS) is 11.6. The molecule has 18 heavy (non-hydrogen) atoms. The van der Waals surface area contributed by atoms with Crippen molar-refractivity contribution in [1.82, 2.24) is 0 Å². The van der Waals surface area contributed by atoms with Crippen molar-refractivity contribution in [3.8, 4) is 0 Å². The molecule has 0 unspecified atom stereocenters. The van der Waals surface area contributed by atoms with Gasteiger partial charge in [0.1, 0.15) is 11.2 Å². The third kappa shape index (κ3) is 3.27. The lowest BCUT2D eigenvalue weighted by atomic mass is 10.3. The van der Waals surface area contributed by atoms with Crippen molar-refractivity contribution in [1.29, 1.82) is 0 Å². The van der Waals surface area contributed by atoms with Gasteiger partial charge in [-0.2, -0.15) is 4.57 Å². The van der Waals surface area contributed by atoms with Crippen molar-refractivity contribution >= 4 is 39.4 Å². The Kier molecular flexibility index (Phi) is 6.66. The maximum absolute atomic E-state index is 2.39. The second-order valence-electron chi connectivity index (χ2n) is 3.82. The van der Waals surface area contributed by atoms with Crippen LogP contribution in [0.5, 0.6) is 0 Å². The van der Waals surface area contributed by atoms with Crippen LogP contribution < -0.4 is 28.5 Å². The van der Waals surface area contributed by atoms with E-state index in [4.69, 9.17) is 0 Å². The molecule has 0 bridgehead atoms. The SMILES string of the molecule is CC/C(=C\c1sc2ccccc2[n+]1CC)SC.[I-]. The van der Waals surface area contributed by atoms with Gasteiger partial charge in [0.25, 0.3) is 5.01 Å². The molecule has 1 heterocycles. The maximum atomic E-state index is 2.39. The number of benzene rings is 1. The number of allylic oxidation sites excluding steroid dienone is 1. The van der Waals surface area contributed by atoms with Crippen LogP contribution in [0.15, 0.2) is 29.2 Å². The van der Waals surface area contributed by atoms with Gasteiger partial charge in [0.05, 0.1) is 0 Å². The standard InChI is InChI=1S/C14H18NS2.HI/c1-4-11(16-3)10-14-15(5-2)12-8-6-7-9-13(12)17-14;/h6-10H,4-5H2,1-3H3;1H/q+1;/p-1/b11-10+;. The molecule has 0 N–H and O–H groups in total. The first-order valence-corrected chi connectivity index (χ1v) is 8.00. The van der Waals surface area contributed by atoms with Crippen molar-refractivity contribution in [2.24, 2.45) is 0 Å². The number of halogens is 1. The van der Waals surface area contributed by atoms with E-state index in [1.807, 2.05) is 23.1 Å². The lowest BCUT2D eigenvalue weighted by Gasteiger charge is -1.96. The van der Waals surface area contributed by atoms with Gasteiger partial charge < -0.3 is 24.0 Å². The van der Waals surface area contributed by atoms with E-state index in [-0.39, 0.29) is 24.0 Å². The number of thioether (sulfide) groups is 1. The van der Waals surface area contributed by atoms with Crippen LogP contribution >= 0.6 is 23.1 Å². The van der Waals surface area contributed by atoms with Gasteiger partial charge in [-0.3, -0.25) is 0 Å². The maximum Gasteiger partial charge on any atom is 0.263 e. The summed E-state index contributed by atoms with van der Waals surface area (Å²) in [7, 11) is 0. The second kappa shape index (κ2) is 7.50. The van der Waals surface area contributed by atoms with Crippen LogP contribution in [0.1, 0.15) is 25.3 Å². The summed E-state index contributed by atoms with van der Waals surface area (Å²) in [6.45, 7) is 5.45. The van der Waals surface area contributed by atoms with Gasteiger partial charge in [-0.15, -0.1) is 11.8 Å². The van der Waals surface area contributed by atoms with E-state index in [0.29, 0.717) is 0 Å². The Balaban J connectivity index is 0.00000162. The molecule has 98 valence electrons. The first kappa shape index (κ1) is 16.0. The molecule has 0 saturated carbocycles. The lowest BCUT2D eigenvalue weighted by molar-refractivity contribution is -0.665. The van der Waals surface area contributed by atoms with Crippen LogP contribution in [0, 0.1) is 0 Å². The smallest absolute Gasteiger partial charge is 0.263 e. The molecule has 0 fully saturated rings. The van der Waals surface area contributed by atoms with E-state index in [1.165, 1.54) is 20.1 Å². The highest BCUT2D eigenvalue weighted by molar-refractivity contribution is 8.02. The summed E-state index contributed by atoms with van der Waals surface area (Å²) in [5, 5.41) is 1.36. The van der Waals surface area contributed by atoms with E-state index >= 15 is 0 Å². The van der Waals surface area contributed by atoms with Crippen LogP contribution in [0.3, 0.4) is 0 Å². The van der Waals surface area contributed by atoms with Crippen molar-refractivity contribution in [3.63, 3.8) is 0 Å². The molecule has 0 amide bonds. The van der Waals surface area contributed by atoms with Gasteiger partial charge in [0.2, 0.25) is 5.52 Å². The summed E-state index contributed by atoms with van der Waals surface area (Å²) < 4.78 is 3.77. The van der Waals surface area contributed by atoms with Crippen LogP contribution in [-0.4, -0.2) is 6.26 Å². The molecule has 0 radical (unpaired) electrons. The van der Waals surface area contributed by atoms with Gasteiger partial charge in [0.15, 0.2) is 0 Å². The number of rotatable bonds is 4. The Bertz CT molecular complexity index is 540. The van der Waals surface area contributed by atoms with Crippen LogP contribution in [-0.2, 0) is 6.54 Å².